The molecule has 0 fully saturated rings. The first-order valence-electron chi connectivity index (χ1n) is 4.00. The minimum Gasteiger partial charge on any atom is -0.438 e. The lowest BCUT2D eigenvalue weighted by Crippen LogP contribution is -2.44. The number of ether oxygens (including phenoxy) is 4. The first kappa shape index (κ1) is 12.9. The molecule has 0 aromatic heterocycles. The standard InChI is InChI=1S/C9H16O5/c1-6-9(2,7(11-3)12-4)14-8(10)13-5/h6-7H,1H2,2-5H3. The molecule has 0 aliphatic rings. The van der Waals surface area contributed by atoms with Gasteiger partial charge in [-0.3, -0.25) is 0 Å². The van der Waals surface area contributed by atoms with Crippen LogP contribution in [0, 0.1) is 0 Å². The molecule has 82 valence electrons. The van der Waals surface area contributed by atoms with E-state index in [2.05, 4.69) is 11.3 Å². The van der Waals surface area contributed by atoms with Crippen molar-refractivity contribution in [3.63, 3.8) is 0 Å². The Morgan fingerprint density at radius 2 is 1.86 bits per heavy atom. The molecule has 0 heterocycles. The van der Waals surface area contributed by atoms with E-state index in [-0.39, 0.29) is 0 Å². The van der Waals surface area contributed by atoms with Gasteiger partial charge in [0, 0.05) is 14.2 Å². The highest BCUT2D eigenvalue weighted by molar-refractivity contribution is 5.60. The van der Waals surface area contributed by atoms with Gasteiger partial charge < -0.3 is 18.9 Å². The molecular formula is C9H16O5. The molecule has 1 atom stereocenters. The topological polar surface area (TPSA) is 54.0 Å². The van der Waals surface area contributed by atoms with Crippen LogP contribution in [-0.4, -0.2) is 39.4 Å². The fraction of sp³-hybridized carbons (Fsp3) is 0.667. The molecule has 0 saturated carbocycles. The summed E-state index contributed by atoms with van der Waals surface area (Å²) in [5.74, 6) is 0. The quantitative estimate of drug-likeness (QED) is 0.384. The van der Waals surface area contributed by atoms with Gasteiger partial charge in [-0.1, -0.05) is 6.58 Å². The molecule has 0 aromatic carbocycles. The minimum absolute atomic E-state index is 0.723. The van der Waals surface area contributed by atoms with Crippen molar-refractivity contribution < 1.29 is 23.7 Å². The van der Waals surface area contributed by atoms with E-state index in [0.29, 0.717) is 0 Å². The fourth-order valence-electron chi connectivity index (χ4n) is 0.971. The molecule has 0 N–H and O–H groups in total. The van der Waals surface area contributed by atoms with Crippen molar-refractivity contribution in [3.05, 3.63) is 12.7 Å². The Kier molecular flexibility index (Phi) is 5.19. The van der Waals surface area contributed by atoms with Crippen LogP contribution in [0.4, 0.5) is 4.79 Å². The molecule has 0 aliphatic heterocycles. The highest BCUT2D eigenvalue weighted by atomic mass is 16.8. The molecule has 0 amide bonds. The highest BCUT2D eigenvalue weighted by Gasteiger charge is 2.36. The van der Waals surface area contributed by atoms with Crippen LogP contribution < -0.4 is 0 Å². The van der Waals surface area contributed by atoms with Gasteiger partial charge in [0.2, 0.25) is 6.29 Å². The number of hydrogen-bond acceptors (Lipinski definition) is 5. The highest BCUT2D eigenvalue weighted by Crippen LogP contribution is 2.20. The van der Waals surface area contributed by atoms with E-state index in [1.807, 2.05) is 0 Å². The lowest BCUT2D eigenvalue weighted by molar-refractivity contribution is -0.194. The van der Waals surface area contributed by atoms with Gasteiger partial charge in [-0.05, 0) is 13.0 Å². The summed E-state index contributed by atoms with van der Waals surface area (Å²) in [4.78, 5) is 10.9. The van der Waals surface area contributed by atoms with Gasteiger partial charge in [0.15, 0.2) is 5.60 Å². The zero-order valence-corrected chi connectivity index (χ0v) is 8.90. The summed E-state index contributed by atoms with van der Waals surface area (Å²) in [7, 11) is 4.10. The summed E-state index contributed by atoms with van der Waals surface area (Å²) in [6.45, 7) is 5.15. The number of carbonyl (C=O) groups excluding carboxylic acids is 1. The van der Waals surface area contributed by atoms with Crippen LogP contribution in [-0.2, 0) is 18.9 Å². The largest absolute Gasteiger partial charge is 0.509 e. The van der Waals surface area contributed by atoms with E-state index < -0.39 is 18.0 Å². The van der Waals surface area contributed by atoms with Gasteiger partial charge >= 0.3 is 6.16 Å². The number of hydrogen-bond donors (Lipinski definition) is 0. The maximum atomic E-state index is 10.9. The molecule has 0 radical (unpaired) electrons. The van der Waals surface area contributed by atoms with Crippen molar-refractivity contribution in [2.75, 3.05) is 21.3 Å². The van der Waals surface area contributed by atoms with Crippen LogP contribution in [0.25, 0.3) is 0 Å². The second-order valence-corrected chi connectivity index (χ2v) is 2.75. The molecule has 5 heteroatoms. The summed E-state index contributed by atoms with van der Waals surface area (Å²) in [6, 6.07) is 0. The molecule has 5 nitrogen and oxygen atoms in total. The Morgan fingerprint density at radius 1 is 1.36 bits per heavy atom. The SMILES string of the molecule is C=CC(C)(OC(=O)OC)C(OC)OC. The average molecular weight is 204 g/mol. The van der Waals surface area contributed by atoms with Crippen molar-refractivity contribution in [1.82, 2.24) is 0 Å². The Morgan fingerprint density at radius 3 is 2.14 bits per heavy atom. The van der Waals surface area contributed by atoms with E-state index in [9.17, 15) is 4.79 Å². The zero-order chi connectivity index (χ0) is 11.2. The molecule has 0 bridgehead atoms. The van der Waals surface area contributed by atoms with Crippen molar-refractivity contribution in [1.29, 1.82) is 0 Å². The molecule has 0 aliphatic carbocycles. The van der Waals surface area contributed by atoms with Gasteiger partial charge in [0.1, 0.15) is 0 Å². The van der Waals surface area contributed by atoms with E-state index in [1.165, 1.54) is 27.4 Å². The van der Waals surface area contributed by atoms with Crippen molar-refractivity contribution >= 4 is 6.16 Å². The third kappa shape index (κ3) is 3.01. The summed E-state index contributed by atoms with van der Waals surface area (Å²) in [6.07, 6.45) is -0.118. The van der Waals surface area contributed by atoms with Crippen LogP contribution >= 0.6 is 0 Å². The van der Waals surface area contributed by atoms with E-state index in [4.69, 9.17) is 14.2 Å². The van der Waals surface area contributed by atoms with Crippen molar-refractivity contribution in [3.8, 4) is 0 Å². The lowest BCUT2D eigenvalue weighted by atomic mass is 10.1. The number of carbonyl (C=O) groups is 1. The average Bonchev–Trinajstić information content (AvgIpc) is 2.19. The predicted octanol–water partition coefficient (Wildman–Crippen LogP) is 1.33. The Labute approximate surface area is 83.6 Å². The summed E-state index contributed by atoms with van der Waals surface area (Å²) in [5.41, 5.74) is -1.07. The Bertz CT molecular complexity index is 199. The molecule has 0 spiro atoms. The first-order chi connectivity index (χ1) is 6.53. The molecule has 14 heavy (non-hydrogen) atoms. The van der Waals surface area contributed by atoms with Gasteiger partial charge in [0.05, 0.1) is 7.11 Å². The third-order valence-electron chi connectivity index (χ3n) is 1.77. The van der Waals surface area contributed by atoms with E-state index >= 15 is 0 Å². The van der Waals surface area contributed by atoms with E-state index in [1.54, 1.807) is 6.92 Å². The maximum Gasteiger partial charge on any atom is 0.509 e. The lowest BCUT2D eigenvalue weighted by Gasteiger charge is -2.31. The molecular weight excluding hydrogens is 188 g/mol. The van der Waals surface area contributed by atoms with Gasteiger partial charge in [-0.25, -0.2) is 4.79 Å². The Balaban J connectivity index is 4.59. The number of methoxy groups -OCH3 is 3. The number of rotatable bonds is 5. The van der Waals surface area contributed by atoms with Gasteiger partial charge in [-0.15, -0.1) is 0 Å². The zero-order valence-electron chi connectivity index (χ0n) is 8.90. The smallest absolute Gasteiger partial charge is 0.438 e. The predicted molar refractivity (Wildman–Crippen MR) is 49.9 cm³/mol. The van der Waals surface area contributed by atoms with Crippen LogP contribution in [0.15, 0.2) is 12.7 Å². The molecule has 0 rings (SSSR count). The maximum absolute atomic E-state index is 10.9. The molecule has 0 saturated heterocycles. The molecule has 1 unspecified atom stereocenters. The molecule has 0 aromatic rings. The van der Waals surface area contributed by atoms with Crippen molar-refractivity contribution in [2.24, 2.45) is 0 Å². The van der Waals surface area contributed by atoms with Crippen LogP contribution in [0.5, 0.6) is 0 Å². The second-order valence-electron chi connectivity index (χ2n) is 2.75. The summed E-state index contributed by atoms with van der Waals surface area (Å²) >= 11 is 0. The third-order valence-corrected chi connectivity index (χ3v) is 1.77. The fourth-order valence-corrected chi connectivity index (χ4v) is 0.971. The van der Waals surface area contributed by atoms with Crippen LogP contribution in [0.3, 0.4) is 0 Å². The summed E-state index contributed by atoms with van der Waals surface area (Å²) in [5, 5.41) is 0. The van der Waals surface area contributed by atoms with Crippen LogP contribution in [0.1, 0.15) is 6.92 Å². The Hall–Kier alpha value is -1.07. The normalized spacial score (nSPS) is 14.6. The second kappa shape index (κ2) is 5.62. The van der Waals surface area contributed by atoms with Crippen LogP contribution in [0.2, 0.25) is 0 Å². The first-order valence-corrected chi connectivity index (χ1v) is 4.00. The summed E-state index contributed by atoms with van der Waals surface area (Å²) < 4.78 is 19.3. The van der Waals surface area contributed by atoms with Crippen molar-refractivity contribution in [2.45, 2.75) is 18.8 Å². The minimum atomic E-state index is -1.07. The van der Waals surface area contributed by atoms with Gasteiger partial charge in [-0.2, -0.15) is 0 Å². The monoisotopic (exact) mass is 204 g/mol. The van der Waals surface area contributed by atoms with E-state index in [0.717, 1.165) is 0 Å². The van der Waals surface area contributed by atoms with Gasteiger partial charge in [0.25, 0.3) is 0 Å².